The van der Waals surface area contributed by atoms with Gasteiger partial charge < -0.3 is 10.6 Å². The molecule has 1 aliphatic rings. The van der Waals surface area contributed by atoms with Gasteiger partial charge in [-0.3, -0.25) is 9.36 Å². The number of aryl methyl sites for hydroxylation is 1. The fourth-order valence-corrected chi connectivity index (χ4v) is 4.32. The van der Waals surface area contributed by atoms with Crippen molar-refractivity contribution in [3.05, 3.63) is 100 Å². The number of hydrogen-bond donors (Lipinski definition) is 2. The van der Waals surface area contributed by atoms with Gasteiger partial charge in [0.05, 0.1) is 22.6 Å². The topological polar surface area (TPSA) is 59.0 Å². The molecule has 0 saturated heterocycles. The van der Waals surface area contributed by atoms with Crippen LogP contribution in [0.2, 0.25) is 5.02 Å². The molecule has 0 fully saturated rings. The fourth-order valence-electron chi connectivity index (χ4n) is 4.08. The summed E-state index contributed by atoms with van der Waals surface area (Å²) >= 11 is 6.63. The van der Waals surface area contributed by atoms with Crippen LogP contribution in [0.3, 0.4) is 0 Å². The van der Waals surface area contributed by atoms with Crippen molar-refractivity contribution in [3.63, 3.8) is 0 Å². The van der Waals surface area contributed by atoms with E-state index in [1.165, 1.54) is 0 Å². The highest BCUT2D eigenvalue weighted by atomic mass is 35.5. The van der Waals surface area contributed by atoms with Crippen molar-refractivity contribution in [3.8, 4) is 0 Å². The summed E-state index contributed by atoms with van der Waals surface area (Å²) in [6, 6.07) is 22.9. The predicted octanol–water partition coefficient (Wildman–Crippen LogP) is 5.93. The maximum absolute atomic E-state index is 13.5. The van der Waals surface area contributed by atoms with E-state index in [-0.39, 0.29) is 5.91 Å². The maximum atomic E-state index is 13.5. The van der Waals surface area contributed by atoms with Crippen LogP contribution in [0.4, 0.5) is 11.6 Å². The highest BCUT2D eigenvalue weighted by Crippen LogP contribution is 2.41. The molecule has 154 valence electrons. The second-order valence-electron chi connectivity index (χ2n) is 7.70. The number of anilines is 2. The van der Waals surface area contributed by atoms with Crippen LogP contribution >= 0.6 is 11.6 Å². The number of benzene rings is 3. The molecule has 6 heteroatoms. The van der Waals surface area contributed by atoms with E-state index in [1.807, 2.05) is 91.2 Å². The molecule has 1 aromatic heterocycles. The van der Waals surface area contributed by atoms with E-state index in [2.05, 4.69) is 10.6 Å². The maximum Gasteiger partial charge on any atom is 0.255 e. The summed E-state index contributed by atoms with van der Waals surface area (Å²) in [5.41, 5.74) is 5.87. The molecule has 1 unspecified atom stereocenters. The van der Waals surface area contributed by atoms with Crippen molar-refractivity contribution in [2.45, 2.75) is 19.9 Å². The smallest absolute Gasteiger partial charge is 0.255 e. The molecule has 5 rings (SSSR count). The minimum atomic E-state index is -0.414. The Morgan fingerprint density at radius 1 is 1.00 bits per heavy atom. The van der Waals surface area contributed by atoms with E-state index in [1.54, 1.807) is 0 Å². The Morgan fingerprint density at radius 2 is 1.71 bits per heavy atom. The number of halogens is 1. The number of aromatic nitrogens is 2. The molecule has 0 saturated carbocycles. The highest BCUT2D eigenvalue weighted by Gasteiger charge is 2.35. The monoisotopic (exact) mass is 428 g/mol. The van der Waals surface area contributed by atoms with Gasteiger partial charge in [-0.15, -0.1) is 0 Å². The quantitative estimate of drug-likeness (QED) is 0.425. The number of allylic oxidation sites excluding steroid dienone is 1. The van der Waals surface area contributed by atoms with Crippen molar-refractivity contribution in [2.75, 3.05) is 10.6 Å². The predicted molar refractivity (Wildman–Crippen MR) is 125 cm³/mol. The second-order valence-corrected chi connectivity index (χ2v) is 8.11. The second kappa shape index (κ2) is 7.60. The number of amides is 1. The highest BCUT2D eigenvalue weighted by molar-refractivity contribution is 6.31. The van der Waals surface area contributed by atoms with Crippen LogP contribution < -0.4 is 10.6 Å². The van der Waals surface area contributed by atoms with Crippen LogP contribution in [-0.4, -0.2) is 15.5 Å². The number of carbonyl (C=O) groups excluding carboxylic acids is 1. The molecule has 0 radical (unpaired) electrons. The summed E-state index contributed by atoms with van der Waals surface area (Å²) in [5.74, 6) is 0.512. The molecule has 0 bridgehead atoms. The molecule has 3 aromatic carbocycles. The number of nitrogens with one attached hydrogen (secondary N) is 2. The Bertz CT molecular complexity index is 1340. The molecule has 1 atom stereocenters. The molecule has 31 heavy (non-hydrogen) atoms. The molecule has 2 heterocycles. The number of para-hydroxylation sites is 2. The van der Waals surface area contributed by atoms with E-state index >= 15 is 0 Å². The fraction of sp³-hybridized carbons (Fsp3) is 0.120. The molecule has 1 aliphatic heterocycles. The molecule has 5 nitrogen and oxygen atoms in total. The normalized spacial score (nSPS) is 15.5. The standard InChI is InChI=1S/C25H21ClN4O/c1-15-11-13-17(14-12-15)28-24(31)22-16(2)27-25-29-20-9-5-6-10-21(20)30(25)23(22)18-7-3-4-8-19(18)26/h3-14,23H,1-2H3,(H,27,29)(H,28,31). The van der Waals surface area contributed by atoms with Crippen molar-refractivity contribution >= 4 is 40.2 Å². The molecular weight excluding hydrogens is 408 g/mol. The first-order chi connectivity index (χ1) is 15.0. The first kappa shape index (κ1) is 19.4. The van der Waals surface area contributed by atoms with Gasteiger partial charge in [0, 0.05) is 16.4 Å². The van der Waals surface area contributed by atoms with Crippen molar-refractivity contribution in [1.82, 2.24) is 9.55 Å². The van der Waals surface area contributed by atoms with Gasteiger partial charge in [-0.25, -0.2) is 4.98 Å². The number of hydrogen-bond acceptors (Lipinski definition) is 3. The minimum Gasteiger partial charge on any atom is -0.329 e. The summed E-state index contributed by atoms with van der Waals surface area (Å²) in [7, 11) is 0. The molecular formula is C25H21ClN4O. The van der Waals surface area contributed by atoms with Crippen LogP contribution in [0.5, 0.6) is 0 Å². The summed E-state index contributed by atoms with van der Waals surface area (Å²) in [5, 5.41) is 6.97. The van der Waals surface area contributed by atoms with Gasteiger partial charge in [0.25, 0.3) is 5.91 Å². The van der Waals surface area contributed by atoms with Crippen molar-refractivity contribution in [2.24, 2.45) is 0 Å². The lowest BCUT2D eigenvalue weighted by Gasteiger charge is -2.31. The third kappa shape index (κ3) is 3.37. The number of fused-ring (bicyclic) bond motifs is 3. The van der Waals surface area contributed by atoms with Crippen LogP contribution in [-0.2, 0) is 4.79 Å². The summed E-state index contributed by atoms with van der Waals surface area (Å²) in [6.45, 7) is 3.92. The summed E-state index contributed by atoms with van der Waals surface area (Å²) in [6.07, 6.45) is 0. The van der Waals surface area contributed by atoms with Crippen LogP contribution in [0.25, 0.3) is 11.0 Å². The van der Waals surface area contributed by atoms with Crippen molar-refractivity contribution in [1.29, 1.82) is 0 Å². The van der Waals surface area contributed by atoms with Gasteiger partial charge >= 0.3 is 0 Å². The molecule has 4 aromatic rings. The summed E-state index contributed by atoms with van der Waals surface area (Å²) in [4.78, 5) is 18.3. The number of carbonyl (C=O) groups is 1. The van der Waals surface area contributed by atoms with E-state index in [9.17, 15) is 4.79 Å². The zero-order valence-corrected chi connectivity index (χ0v) is 17.9. The largest absolute Gasteiger partial charge is 0.329 e. The van der Waals surface area contributed by atoms with E-state index in [0.717, 1.165) is 33.5 Å². The Hall–Kier alpha value is -3.57. The third-order valence-electron chi connectivity index (χ3n) is 5.58. The molecule has 0 aliphatic carbocycles. The van der Waals surface area contributed by atoms with Gasteiger partial charge in [0.2, 0.25) is 5.95 Å². The van der Waals surface area contributed by atoms with Crippen LogP contribution in [0.15, 0.2) is 84.1 Å². The summed E-state index contributed by atoms with van der Waals surface area (Å²) < 4.78 is 2.05. The van der Waals surface area contributed by atoms with Crippen LogP contribution in [0.1, 0.15) is 24.1 Å². The lowest BCUT2D eigenvalue weighted by atomic mass is 9.94. The Labute approximate surface area is 185 Å². The minimum absolute atomic E-state index is 0.179. The van der Waals surface area contributed by atoms with Gasteiger partial charge in [-0.2, -0.15) is 0 Å². The Balaban J connectivity index is 1.67. The van der Waals surface area contributed by atoms with E-state index in [0.29, 0.717) is 16.5 Å². The van der Waals surface area contributed by atoms with Gasteiger partial charge in [0.15, 0.2) is 0 Å². The molecule has 2 N–H and O–H groups in total. The van der Waals surface area contributed by atoms with E-state index < -0.39 is 6.04 Å². The molecule has 0 spiro atoms. The van der Waals surface area contributed by atoms with Crippen LogP contribution in [0, 0.1) is 6.92 Å². The first-order valence-electron chi connectivity index (χ1n) is 10.1. The van der Waals surface area contributed by atoms with Gasteiger partial charge in [-0.05, 0) is 49.7 Å². The average molecular weight is 429 g/mol. The number of imidazole rings is 1. The zero-order valence-electron chi connectivity index (χ0n) is 17.2. The SMILES string of the molecule is CC1=C(C(=O)Nc2ccc(C)cc2)C(c2ccccc2Cl)n2c(nc3ccccc32)N1. The van der Waals surface area contributed by atoms with Gasteiger partial charge in [0.1, 0.15) is 0 Å². The average Bonchev–Trinajstić information content (AvgIpc) is 3.12. The van der Waals surface area contributed by atoms with E-state index in [4.69, 9.17) is 16.6 Å². The third-order valence-corrected chi connectivity index (χ3v) is 5.93. The lowest BCUT2D eigenvalue weighted by molar-refractivity contribution is -0.113. The Morgan fingerprint density at radius 3 is 2.48 bits per heavy atom. The molecule has 1 amide bonds. The number of nitrogens with zero attached hydrogens (tertiary/aromatic N) is 2. The lowest BCUT2D eigenvalue weighted by Crippen LogP contribution is -2.31. The Kier molecular flexibility index (Phi) is 4.75. The zero-order chi connectivity index (χ0) is 21.5. The first-order valence-corrected chi connectivity index (χ1v) is 10.5. The van der Waals surface area contributed by atoms with Gasteiger partial charge in [-0.1, -0.05) is 59.6 Å². The van der Waals surface area contributed by atoms with Crippen molar-refractivity contribution < 1.29 is 4.79 Å². The number of rotatable bonds is 3.